The lowest BCUT2D eigenvalue weighted by Crippen LogP contribution is -2.36. The molecule has 5 atom stereocenters. The number of fused-ring (bicyclic) bond motifs is 1. The van der Waals surface area contributed by atoms with Gasteiger partial charge in [0, 0.05) is 0 Å². The van der Waals surface area contributed by atoms with E-state index in [9.17, 15) is 5.11 Å². The van der Waals surface area contributed by atoms with Crippen molar-refractivity contribution in [3.63, 3.8) is 0 Å². The smallest absolute Gasteiger partial charge is 0.0583 e. The van der Waals surface area contributed by atoms with Gasteiger partial charge in [-0.15, -0.1) is 0 Å². The van der Waals surface area contributed by atoms with E-state index >= 15 is 0 Å². The molecule has 28 heavy (non-hydrogen) atoms. The Morgan fingerprint density at radius 3 is 2.64 bits per heavy atom. The standard InChI is InChI=1S/C27H44O/c1-19(2)8-6-9-21(4)25-15-16-26-22(10-7-17-27(25,26)5)12-13-23-18-24(28)14-11-20(23)3/h12-13,19,21,24-26,28H,3,6-11,14-18H2,1-2,4-5H3/b22-12+,23-13-/t21-,24+,25-,26-,27-/m1/s1. The van der Waals surface area contributed by atoms with E-state index in [4.69, 9.17) is 0 Å². The highest BCUT2D eigenvalue weighted by molar-refractivity contribution is 5.36. The molecule has 3 saturated carbocycles. The third kappa shape index (κ3) is 4.84. The van der Waals surface area contributed by atoms with Crippen LogP contribution in [0, 0.1) is 29.1 Å². The van der Waals surface area contributed by atoms with Crippen LogP contribution < -0.4 is 0 Å². The second-order valence-corrected chi connectivity index (χ2v) is 10.8. The van der Waals surface area contributed by atoms with Gasteiger partial charge in [0.1, 0.15) is 0 Å². The molecular weight excluding hydrogens is 340 g/mol. The first-order valence-corrected chi connectivity index (χ1v) is 12.1. The molecule has 0 heterocycles. The van der Waals surface area contributed by atoms with E-state index in [1.165, 1.54) is 62.5 Å². The molecule has 1 nitrogen and oxygen atoms in total. The van der Waals surface area contributed by atoms with Gasteiger partial charge < -0.3 is 5.11 Å². The highest BCUT2D eigenvalue weighted by atomic mass is 16.3. The summed E-state index contributed by atoms with van der Waals surface area (Å²) in [7, 11) is 0. The van der Waals surface area contributed by atoms with Crippen molar-refractivity contribution in [3.05, 3.63) is 35.5 Å². The van der Waals surface area contributed by atoms with E-state index in [2.05, 4.69) is 46.4 Å². The van der Waals surface area contributed by atoms with Gasteiger partial charge in [-0.1, -0.05) is 76.8 Å². The largest absolute Gasteiger partial charge is 0.393 e. The van der Waals surface area contributed by atoms with E-state index < -0.39 is 0 Å². The van der Waals surface area contributed by atoms with Gasteiger partial charge in [-0.3, -0.25) is 0 Å². The second kappa shape index (κ2) is 9.33. The summed E-state index contributed by atoms with van der Waals surface area (Å²) in [6.45, 7) is 14.1. The van der Waals surface area contributed by atoms with Gasteiger partial charge in [0.05, 0.1) is 6.10 Å². The second-order valence-electron chi connectivity index (χ2n) is 10.8. The van der Waals surface area contributed by atoms with Gasteiger partial charge in [0.2, 0.25) is 0 Å². The lowest BCUT2D eigenvalue weighted by atomic mass is 9.60. The van der Waals surface area contributed by atoms with Crippen molar-refractivity contribution in [1.82, 2.24) is 0 Å². The van der Waals surface area contributed by atoms with Crippen LogP contribution >= 0.6 is 0 Å². The number of allylic oxidation sites excluding steroid dienone is 4. The molecule has 0 aliphatic heterocycles. The average Bonchev–Trinajstić information content (AvgIpc) is 2.99. The zero-order valence-electron chi connectivity index (χ0n) is 19.0. The summed E-state index contributed by atoms with van der Waals surface area (Å²) in [5, 5.41) is 10.0. The first-order valence-electron chi connectivity index (χ1n) is 12.1. The van der Waals surface area contributed by atoms with Gasteiger partial charge in [0.15, 0.2) is 0 Å². The van der Waals surface area contributed by atoms with Crippen LogP contribution in [0.1, 0.15) is 98.3 Å². The molecule has 158 valence electrons. The molecule has 0 aromatic carbocycles. The van der Waals surface area contributed by atoms with Crippen LogP contribution in [-0.2, 0) is 0 Å². The zero-order valence-corrected chi connectivity index (χ0v) is 19.0. The third-order valence-corrected chi connectivity index (χ3v) is 8.35. The van der Waals surface area contributed by atoms with E-state index in [1.807, 2.05) is 0 Å². The van der Waals surface area contributed by atoms with Crippen LogP contribution in [0.2, 0.25) is 0 Å². The number of rotatable bonds is 6. The lowest BCUT2D eigenvalue weighted by Gasteiger charge is -2.44. The fourth-order valence-corrected chi connectivity index (χ4v) is 6.66. The summed E-state index contributed by atoms with van der Waals surface area (Å²) in [5.41, 5.74) is 4.72. The number of aliphatic hydroxyl groups excluding tert-OH is 1. The predicted octanol–water partition coefficient (Wildman–Crippen LogP) is 7.62. The summed E-state index contributed by atoms with van der Waals surface area (Å²) in [5.74, 6) is 3.37. The maximum absolute atomic E-state index is 10.0. The van der Waals surface area contributed by atoms with E-state index in [0.717, 1.165) is 42.9 Å². The van der Waals surface area contributed by atoms with Crippen molar-refractivity contribution < 1.29 is 5.11 Å². The maximum atomic E-state index is 10.0. The Morgan fingerprint density at radius 2 is 1.89 bits per heavy atom. The Balaban J connectivity index is 1.70. The van der Waals surface area contributed by atoms with Gasteiger partial charge in [-0.2, -0.15) is 0 Å². The van der Waals surface area contributed by atoms with Crippen molar-refractivity contribution in [3.8, 4) is 0 Å². The fraction of sp³-hybridized carbons (Fsp3) is 0.778. The summed E-state index contributed by atoms with van der Waals surface area (Å²) < 4.78 is 0. The first-order chi connectivity index (χ1) is 13.3. The third-order valence-electron chi connectivity index (χ3n) is 8.35. The highest BCUT2D eigenvalue weighted by Crippen LogP contribution is 2.59. The predicted molar refractivity (Wildman–Crippen MR) is 121 cm³/mol. The molecule has 0 saturated heterocycles. The highest BCUT2D eigenvalue weighted by Gasteiger charge is 2.50. The van der Waals surface area contributed by atoms with Crippen LogP contribution in [0.5, 0.6) is 0 Å². The van der Waals surface area contributed by atoms with Gasteiger partial charge in [-0.25, -0.2) is 0 Å². The number of hydrogen-bond donors (Lipinski definition) is 1. The minimum Gasteiger partial charge on any atom is -0.393 e. The molecule has 1 N–H and O–H groups in total. The summed E-state index contributed by atoms with van der Waals surface area (Å²) in [6.07, 6.45) is 18.2. The number of hydrogen-bond acceptors (Lipinski definition) is 1. The molecule has 3 aliphatic rings. The molecule has 0 aromatic heterocycles. The first kappa shape index (κ1) is 21.9. The van der Waals surface area contributed by atoms with Crippen LogP contribution in [-0.4, -0.2) is 11.2 Å². The Morgan fingerprint density at radius 1 is 1.11 bits per heavy atom. The van der Waals surface area contributed by atoms with Crippen LogP contribution in [0.3, 0.4) is 0 Å². The monoisotopic (exact) mass is 384 g/mol. The van der Waals surface area contributed by atoms with Crippen molar-refractivity contribution in [2.75, 3.05) is 0 Å². The molecule has 0 amide bonds. The average molecular weight is 385 g/mol. The quantitative estimate of drug-likeness (QED) is 0.499. The SMILES string of the molecule is C=C1CC[C@H](O)C/C1=C/C=C1\CCC[C@@]2(C)[C@@H]1CC[C@@H]2[C@H](C)CCCC(C)C. The van der Waals surface area contributed by atoms with E-state index in [-0.39, 0.29) is 6.10 Å². The Kier molecular flexibility index (Phi) is 7.29. The molecule has 0 bridgehead atoms. The number of aliphatic hydroxyl groups is 1. The van der Waals surface area contributed by atoms with Gasteiger partial charge >= 0.3 is 0 Å². The summed E-state index contributed by atoms with van der Waals surface area (Å²) in [6, 6.07) is 0. The van der Waals surface area contributed by atoms with Crippen LogP contribution in [0.15, 0.2) is 35.5 Å². The minimum absolute atomic E-state index is 0.172. The molecule has 1 heteroatoms. The zero-order chi connectivity index (χ0) is 20.3. The van der Waals surface area contributed by atoms with Crippen LogP contribution in [0.25, 0.3) is 0 Å². The molecule has 0 radical (unpaired) electrons. The molecular formula is C27H44O. The Hall–Kier alpha value is -0.820. The topological polar surface area (TPSA) is 20.2 Å². The molecule has 0 aromatic rings. The molecule has 3 aliphatic carbocycles. The summed E-state index contributed by atoms with van der Waals surface area (Å²) >= 11 is 0. The molecule has 3 fully saturated rings. The van der Waals surface area contributed by atoms with Crippen molar-refractivity contribution >= 4 is 0 Å². The minimum atomic E-state index is -0.172. The molecule has 0 spiro atoms. The fourth-order valence-electron chi connectivity index (χ4n) is 6.66. The van der Waals surface area contributed by atoms with Crippen molar-refractivity contribution in [1.29, 1.82) is 0 Å². The van der Waals surface area contributed by atoms with Crippen molar-refractivity contribution in [2.24, 2.45) is 29.1 Å². The normalized spacial score (nSPS) is 37.6. The van der Waals surface area contributed by atoms with E-state index in [0.29, 0.717) is 5.41 Å². The van der Waals surface area contributed by atoms with Crippen LogP contribution in [0.4, 0.5) is 0 Å². The lowest BCUT2D eigenvalue weighted by molar-refractivity contribution is 0.0929. The molecule has 0 unspecified atom stereocenters. The Labute approximate surface area is 174 Å². The van der Waals surface area contributed by atoms with Crippen molar-refractivity contribution in [2.45, 2.75) is 104 Å². The van der Waals surface area contributed by atoms with Gasteiger partial charge in [0.25, 0.3) is 0 Å². The van der Waals surface area contributed by atoms with E-state index in [1.54, 1.807) is 5.57 Å². The summed E-state index contributed by atoms with van der Waals surface area (Å²) in [4.78, 5) is 0. The molecule has 3 rings (SSSR count). The Bertz CT molecular complexity index is 610. The maximum Gasteiger partial charge on any atom is 0.0583 e. The van der Waals surface area contributed by atoms with Gasteiger partial charge in [-0.05, 0) is 86.0 Å².